The lowest BCUT2D eigenvalue weighted by Gasteiger charge is -2.11. The Kier molecular flexibility index (Phi) is 5.40. The largest absolute Gasteiger partial charge is 0.236 e. The highest BCUT2D eigenvalue weighted by atomic mass is 32.1. The Morgan fingerprint density at radius 1 is 0.419 bits per heavy atom. The molecule has 3 heteroatoms. The highest BCUT2D eigenvalue weighted by Gasteiger charge is 2.14. The predicted octanol–water partition coefficient (Wildman–Crippen LogP) is 11.3. The van der Waals surface area contributed by atoms with Crippen LogP contribution >= 0.6 is 11.3 Å². The summed E-state index contributed by atoms with van der Waals surface area (Å²) in [7, 11) is 0. The van der Waals surface area contributed by atoms with Crippen LogP contribution in [-0.4, -0.2) is 9.97 Å². The van der Waals surface area contributed by atoms with Gasteiger partial charge in [-0.05, 0) is 56.6 Å². The van der Waals surface area contributed by atoms with Crippen molar-refractivity contribution in [3.63, 3.8) is 0 Å². The summed E-state index contributed by atoms with van der Waals surface area (Å²) in [5, 5.41) is 8.51. The van der Waals surface area contributed by atoms with Crippen LogP contribution in [0.2, 0.25) is 0 Å². The van der Waals surface area contributed by atoms with E-state index in [0.29, 0.717) is 0 Å². The van der Waals surface area contributed by atoms with E-state index in [1.54, 1.807) is 0 Å². The number of rotatable bonds is 3. The van der Waals surface area contributed by atoms with Gasteiger partial charge >= 0.3 is 0 Å². The minimum atomic E-state index is 0.737. The van der Waals surface area contributed by atoms with Crippen LogP contribution in [0, 0.1) is 0 Å². The molecule has 0 bridgehead atoms. The van der Waals surface area contributed by atoms with E-state index in [9.17, 15) is 0 Å². The van der Waals surface area contributed by atoms with Gasteiger partial charge in [-0.25, -0.2) is 9.97 Å². The second-order valence-electron chi connectivity index (χ2n) is 11.0. The molecule has 0 radical (unpaired) electrons. The van der Waals surface area contributed by atoms with Gasteiger partial charge in [0.05, 0.1) is 5.52 Å². The fourth-order valence-electron chi connectivity index (χ4n) is 6.48. The van der Waals surface area contributed by atoms with Crippen LogP contribution in [-0.2, 0) is 0 Å². The Balaban J connectivity index is 1.17. The monoisotopic (exact) mass is 564 g/mol. The molecule has 9 rings (SSSR count). The number of nitrogens with zero attached hydrogens (tertiary/aromatic N) is 2. The van der Waals surface area contributed by atoms with E-state index in [2.05, 4.69) is 140 Å². The van der Waals surface area contributed by atoms with Crippen molar-refractivity contribution in [1.29, 1.82) is 0 Å². The third-order valence-corrected chi connectivity index (χ3v) is 9.73. The van der Waals surface area contributed by atoms with Crippen molar-refractivity contribution in [2.24, 2.45) is 0 Å². The topological polar surface area (TPSA) is 25.8 Å². The summed E-state index contributed by atoms with van der Waals surface area (Å²) < 4.78 is 2.66. The first-order chi connectivity index (χ1) is 21.3. The molecule has 0 atom stereocenters. The van der Waals surface area contributed by atoms with E-state index in [1.807, 2.05) is 17.5 Å². The maximum atomic E-state index is 5.17. The van der Waals surface area contributed by atoms with Crippen LogP contribution < -0.4 is 0 Å². The van der Waals surface area contributed by atoms with Crippen LogP contribution in [0.4, 0.5) is 0 Å². The summed E-state index contributed by atoms with van der Waals surface area (Å²) in [5.41, 5.74) is 6.82. The summed E-state index contributed by atoms with van der Waals surface area (Å²) in [6, 6.07) is 49.9. The van der Waals surface area contributed by atoms with E-state index in [0.717, 1.165) is 33.2 Å². The number of fused-ring (bicyclic) bond motifs is 9. The molecular weight excluding hydrogens is 541 g/mol. The highest BCUT2D eigenvalue weighted by Crippen LogP contribution is 2.41. The Hall–Kier alpha value is -5.38. The van der Waals surface area contributed by atoms with Gasteiger partial charge < -0.3 is 0 Å². The van der Waals surface area contributed by atoms with Gasteiger partial charge in [0.15, 0.2) is 5.82 Å². The van der Waals surface area contributed by atoms with E-state index < -0.39 is 0 Å². The number of hydrogen-bond donors (Lipinski definition) is 0. The maximum Gasteiger partial charge on any atom is 0.159 e. The summed E-state index contributed by atoms with van der Waals surface area (Å²) in [5.74, 6) is 0.737. The van der Waals surface area contributed by atoms with E-state index in [4.69, 9.17) is 9.97 Å². The fourth-order valence-corrected chi connectivity index (χ4v) is 7.72. The minimum Gasteiger partial charge on any atom is -0.236 e. The summed E-state index contributed by atoms with van der Waals surface area (Å²) in [6.07, 6.45) is 1.99. The zero-order valence-electron chi connectivity index (χ0n) is 23.2. The van der Waals surface area contributed by atoms with Gasteiger partial charge in [-0.15, -0.1) is 11.3 Å². The quantitative estimate of drug-likeness (QED) is 0.199. The molecule has 0 aliphatic rings. The van der Waals surface area contributed by atoms with Gasteiger partial charge in [-0.3, -0.25) is 0 Å². The molecule has 0 aliphatic heterocycles. The lowest BCUT2D eigenvalue weighted by atomic mass is 9.96. The minimum absolute atomic E-state index is 0.737. The van der Waals surface area contributed by atoms with E-state index in [-0.39, 0.29) is 0 Å². The Morgan fingerprint density at radius 2 is 0.977 bits per heavy atom. The molecule has 200 valence electrons. The molecule has 0 saturated carbocycles. The molecule has 43 heavy (non-hydrogen) atoms. The molecule has 7 aromatic carbocycles. The second kappa shape index (κ2) is 9.59. The summed E-state index contributed by atoms with van der Waals surface area (Å²) in [6.45, 7) is 0. The Labute approximate surface area is 252 Å². The molecule has 0 amide bonds. The lowest BCUT2D eigenvalue weighted by molar-refractivity contribution is 1.23. The Bertz CT molecular complexity index is 2490. The number of hydrogen-bond acceptors (Lipinski definition) is 3. The van der Waals surface area contributed by atoms with Crippen LogP contribution in [0.25, 0.3) is 86.3 Å². The van der Waals surface area contributed by atoms with Gasteiger partial charge in [-0.2, -0.15) is 0 Å². The third kappa shape index (κ3) is 3.86. The predicted molar refractivity (Wildman–Crippen MR) is 184 cm³/mol. The summed E-state index contributed by atoms with van der Waals surface area (Å²) in [4.78, 5) is 10.0. The van der Waals surface area contributed by atoms with Gasteiger partial charge in [0, 0.05) is 42.7 Å². The first-order valence-electron chi connectivity index (χ1n) is 14.5. The van der Waals surface area contributed by atoms with Crippen molar-refractivity contribution in [2.75, 3.05) is 0 Å². The molecular formula is C40H24N2S. The Morgan fingerprint density at radius 3 is 1.77 bits per heavy atom. The van der Waals surface area contributed by atoms with Crippen LogP contribution in [0.3, 0.4) is 0 Å². The molecule has 0 saturated heterocycles. The lowest BCUT2D eigenvalue weighted by Crippen LogP contribution is -1.93. The van der Waals surface area contributed by atoms with Crippen molar-refractivity contribution in [2.45, 2.75) is 0 Å². The van der Waals surface area contributed by atoms with Crippen molar-refractivity contribution < 1.29 is 0 Å². The van der Waals surface area contributed by atoms with Gasteiger partial charge in [0.25, 0.3) is 0 Å². The molecule has 9 aromatic rings. The smallest absolute Gasteiger partial charge is 0.159 e. The second-order valence-corrected chi connectivity index (χ2v) is 12.0. The number of aromatic nitrogens is 2. The van der Waals surface area contributed by atoms with Crippen LogP contribution in [0.1, 0.15) is 0 Å². The van der Waals surface area contributed by atoms with Gasteiger partial charge in [-0.1, -0.05) is 121 Å². The average Bonchev–Trinajstić information content (AvgIpc) is 3.47. The molecule has 0 spiro atoms. The number of thiophene rings is 1. The van der Waals surface area contributed by atoms with Crippen molar-refractivity contribution in [3.05, 3.63) is 146 Å². The average molecular weight is 565 g/mol. The van der Waals surface area contributed by atoms with E-state index in [1.165, 1.54) is 53.0 Å². The summed E-state index contributed by atoms with van der Waals surface area (Å²) >= 11 is 1.87. The van der Waals surface area contributed by atoms with Crippen molar-refractivity contribution in [3.8, 4) is 33.6 Å². The normalized spacial score (nSPS) is 11.7. The molecule has 0 fully saturated rings. The molecule has 0 N–H and O–H groups in total. The van der Waals surface area contributed by atoms with Crippen molar-refractivity contribution >= 4 is 64.0 Å². The zero-order chi connectivity index (χ0) is 28.3. The first-order valence-corrected chi connectivity index (χ1v) is 15.3. The fraction of sp³-hybridized carbons (Fsp3) is 0. The molecule has 2 nitrogen and oxygen atoms in total. The van der Waals surface area contributed by atoms with Crippen molar-refractivity contribution in [1.82, 2.24) is 9.97 Å². The number of benzene rings is 7. The standard InChI is InChI=1S/C40H24N2S/c1-2-16-32-30(14-1)31-15-3-4-18-34(31)38-36(32)24-41-40(42-38)28-13-8-11-26(23-28)25-10-7-12-27(22-25)29-19-9-20-35-33-17-5-6-21-37(33)43-39(29)35/h1-24H. The molecule has 0 unspecified atom stereocenters. The molecule has 2 heterocycles. The van der Waals surface area contributed by atoms with Gasteiger partial charge in [0.1, 0.15) is 0 Å². The van der Waals surface area contributed by atoms with E-state index >= 15 is 0 Å². The van der Waals surface area contributed by atoms with Crippen LogP contribution in [0.15, 0.2) is 146 Å². The maximum absolute atomic E-state index is 5.17. The molecule has 0 aliphatic carbocycles. The van der Waals surface area contributed by atoms with Gasteiger partial charge in [0.2, 0.25) is 0 Å². The molecule has 2 aromatic heterocycles. The third-order valence-electron chi connectivity index (χ3n) is 8.51. The highest BCUT2D eigenvalue weighted by molar-refractivity contribution is 7.26. The first kappa shape index (κ1) is 24.2. The zero-order valence-corrected chi connectivity index (χ0v) is 24.0. The SMILES string of the molecule is c1cc(-c2cccc(-c3cccc4c3sc3ccccc34)c2)cc(-c2ncc3c4ccccc4c4ccccc4c3n2)c1. The van der Waals surface area contributed by atoms with Crippen LogP contribution in [0.5, 0.6) is 0 Å².